The first kappa shape index (κ1) is 16.7. The molecule has 1 N–H and O–H groups in total. The van der Waals surface area contributed by atoms with E-state index in [1.54, 1.807) is 6.92 Å². The monoisotopic (exact) mass is 278 g/mol. The maximum atomic E-state index is 12.2. The molecule has 2 unspecified atom stereocenters. The van der Waals surface area contributed by atoms with Gasteiger partial charge in [0.05, 0.1) is 6.61 Å². The average Bonchev–Trinajstić information content (AvgIpc) is 2.37. The fourth-order valence-corrected chi connectivity index (χ4v) is 2.67. The van der Waals surface area contributed by atoms with E-state index in [-0.39, 0.29) is 12.5 Å². The van der Waals surface area contributed by atoms with Crippen LogP contribution in [0.1, 0.15) is 56.2 Å². The third-order valence-corrected chi connectivity index (χ3v) is 3.72. The van der Waals surface area contributed by atoms with Crippen LogP contribution in [0.3, 0.4) is 0 Å². The van der Waals surface area contributed by atoms with Crippen LogP contribution in [-0.4, -0.2) is 23.3 Å². The molecule has 0 radical (unpaired) electrons. The van der Waals surface area contributed by atoms with Crippen molar-refractivity contribution in [3.8, 4) is 0 Å². The molecule has 0 aliphatic heterocycles. The molecule has 0 heterocycles. The smallest absolute Gasteiger partial charge is 0.338 e. The van der Waals surface area contributed by atoms with Crippen molar-refractivity contribution < 1.29 is 14.6 Å². The molecule has 112 valence electrons. The number of hydrogen-bond acceptors (Lipinski definition) is 3. The van der Waals surface area contributed by atoms with Crippen LogP contribution in [0.2, 0.25) is 0 Å². The molecule has 3 nitrogen and oxygen atoms in total. The molecule has 3 heteroatoms. The van der Waals surface area contributed by atoms with Gasteiger partial charge in [-0.1, -0.05) is 49.6 Å². The van der Waals surface area contributed by atoms with E-state index in [4.69, 9.17) is 4.74 Å². The first-order chi connectivity index (χ1) is 9.35. The first-order valence-corrected chi connectivity index (χ1v) is 7.33. The van der Waals surface area contributed by atoms with Crippen LogP contribution in [0.15, 0.2) is 18.2 Å². The second-order valence-corrected chi connectivity index (χ2v) is 5.54. The molecular formula is C17H26O3. The van der Waals surface area contributed by atoms with Crippen molar-refractivity contribution in [2.45, 2.75) is 59.0 Å². The number of esters is 1. The third kappa shape index (κ3) is 3.60. The molecule has 0 aromatic heterocycles. The van der Waals surface area contributed by atoms with Crippen molar-refractivity contribution in [1.29, 1.82) is 0 Å². The highest BCUT2D eigenvalue weighted by molar-refractivity contribution is 5.80. The molecular weight excluding hydrogens is 252 g/mol. The normalized spacial score (nSPS) is 15.5. The standard InChI is InChI=1S/C17H26O3/c1-6-8-17(19,16(18)20-7-2)14(5)15-10-12(3)9-13(4)11-15/h9-11,14,19H,6-8H2,1-5H3. The fraction of sp³-hybridized carbons (Fsp3) is 0.588. The number of aryl methyl sites for hydroxylation is 2. The lowest BCUT2D eigenvalue weighted by Gasteiger charge is -2.32. The fourth-order valence-electron chi connectivity index (χ4n) is 2.67. The van der Waals surface area contributed by atoms with Gasteiger partial charge >= 0.3 is 5.97 Å². The first-order valence-electron chi connectivity index (χ1n) is 7.33. The number of rotatable bonds is 6. The molecule has 0 fully saturated rings. The second-order valence-electron chi connectivity index (χ2n) is 5.54. The number of carbonyl (C=O) groups excluding carboxylic acids is 1. The lowest BCUT2D eigenvalue weighted by atomic mass is 9.79. The van der Waals surface area contributed by atoms with E-state index in [0.717, 1.165) is 23.1 Å². The number of aliphatic hydroxyl groups is 1. The number of benzene rings is 1. The van der Waals surface area contributed by atoms with Crippen LogP contribution in [-0.2, 0) is 9.53 Å². The van der Waals surface area contributed by atoms with Gasteiger partial charge in [-0.3, -0.25) is 0 Å². The molecule has 0 spiro atoms. The van der Waals surface area contributed by atoms with Gasteiger partial charge in [-0.15, -0.1) is 0 Å². The Hall–Kier alpha value is -1.35. The SMILES string of the molecule is CCCC(O)(C(=O)OCC)C(C)c1cc(C)cc(C)c1. The van der Waals surface area contributed by atoms with Crippen molar-refractivity contribution in [2.24, 2.45) is 0 Å². The highest BCUT2D eigenvalue weighted by Crippen LogP contribution is 2.34. The Kier molecular flexibility index (Phi) is 5.75. The quantitative estimate of drug-likeness (QED) is 0.810. The summed E-state index contributed by atoms with van der Waals surface area (Å²) in [6.07, 6.45) is 1.13. The molecule has 20 heavy (non-hydrogen) atoms. The average molecular weight is 278 g/mol. The van der Waals surface area contributed by atoms with Crippen LogP contribution < -0.4 is 0 Å². The Bertz CT molecular complexity index is 447. The Labute approximate surface area is 122 Å². The lowest BCUT2D eigenvalue weighted by Crippen LogP contribution is -2.44. The van der Waals surface area contributed by atoms with Crippen LogP contribution in [0.4, 0.5) is 0 Å². The van der Waals surface area contributed by atoms with Gasteiger partial charge in [-0.2, -0.15) is 0 Å². The maximum absolute atomic E-state index is 12.2. The van der Waals surface area contributed by atoms with Crippen molar-refractivity contribution in [2.75, 3.05) is 6.61 Å². The predicted molar refractivity (Wildman–Crippen MR) is 80.8 cm³/mol. The number of hydrogen-bond donors (Lipinski definition) is 1. The lowest BCUT2D eigenvalue weighted by molar-refractivity contribution is -0.168. The summed E-state index contributed by atoms with van der Waals surface area (Å²) >= 11 is 0. The Morgan fingerprint density at radius 1 is 1.25 bits per heavy atom. The van der Waals surface area contributed by atoms with Gasteiger partial charge in [0, 0.05) is 5.92 Å². The summed E-state index contributed by atoms with van der Waals surface area (Å²) in [7, 11) is 0. The van der Waals surface area contributed by atoms with Crippen LogP contribution in [0, 0.1) is 13.8 Å². The Balaban J connectivity index is 3.16. The van der Waals surface area contributed by atoms with Crippen molar-refractivity contribution >= 4 is 5.97 Å². The van der Waals surface area contributed by atoms with E-state index < -0.39 is 11.6 Å². The summed E-state index contributed by atoms with van der Waals surface area (Å²) < 4.78 is 5.07. The summed E-state index contributed by atoms with van der Waals surface area (Å²) in [4.78, 5) is 12.2. The third-order valence-electron chi connectivity index (χ3n) is 3.72. The largest absolute Gasteiger partial charge is 0.464 e. The van der Waals surface area contributed by atoms with E-state index >= 15 is 0 Å². The predicted octanol–water partition coefficient (Wildman–Crippen LogP) is 3.50. The molecule has 1 rings (SSSR count). The summed E-state index contributed by atoms with van der Waals surface area (Å²) in [6, 6.07) is 6.13. The van der Waals surface area contributed by atoms with Crippen molar-refractivity contribution in [3.05, 3.63) is 34.9 Å². The van der Waals surface area contributed by atoms with Crippen LogP contribution in [0.25, 0.3) is 0 Å². The van der Waals surface area contributed by atoms with Gasteiger partial charge in [0.15, 0.2) is 5.60 Å². The van der Waals surface area contributed by atoms with E-state index in [1.165, 1.54) is 0 Å². The van der Waals surface area contributed by atoms with Gasteiger partial charge in [0.2, 0.25) is 0 Å². The molecule has 0 amide bonds. The highest BCUT2D eigenvalue weighted by atomic mass is 16.5. The van der Waals surface area contributed by atoms with Crippen LogP contribution in [0.5, 0.6) is 0 Å². The molecule has 0 saturated carbocycles. The summed E-state index contributed by atoms with van der Waals surface area (Å²) in [6.45, 7) is 9.92. The minimum atomic E-state index is -1.45. The zero-order chi connectivity index (χ0) is 15.3. The van der Waals surface area contributed by atoms with E-state index in [2.05, 4.69) is 6.07 Å². The Morgan fingerprint density at radius 3 is 2.25 bits per heavy atom. The molecule has 1 aromatic carbocycles. The minimum absolute atomic E-state index is 0.282. The molecule has 0 aliphatic rings. The molecule has 1 aromatic rings. The van der Waals surface area contributed by atoms with Gasteiger partial charge < -0.3 is 9.84 Å². The van der Waals surface area contributed by atoms with Gasteiger partial charge in [0.25, 0.3) is 0 Å². The zero-order valence-electron chi connectivity index (χ0n) is 13.2. The molecule has 2 atom stereocenters. The number of ether oxygens (including phenoxy) is 1. The minimum Gasteiger partial charge on any atom is -0.464 e. The second kappa shape index (κ2) is 6.89. The summed E-state index contributed by atoms with van der Waals surface area (Å²) in [5.74, 6) is -0.811. The number of carbonyl (C=O) groups is 1. The Morgan fingerprint density at radius 2 is 1.80 bits per heavy atom. The van der Waals surface area contributed by atoms with Crippen LogP contribution >= 0.6 is 0 Å². The molecule has 0 bridgehead atoms. The highest BCUT2D eigenvalue weighted by Gasteiger charge is 2.42. The zero-order valence-corrected chi connectivity index (χ0v) is 13.2. The topological polar surface area (TPSA) is 46.5 Å². The molecule has 0 aliphatic carbocycles. The van der Waals surface area contributed by atoms with E-state index in [1.807, 2.05) is 39.8 Å². The van der Waals surface area contributed by atoms with Gasteiger partial charge in [-0.25, -0.2) is 4.79 Å². The van der Waals surface area contributed by atoms with E-state index in [9.17, 15) is 9.90 Å². The van der Waals surface area contributed by atoms with Crippen molar-refractivity contribution in [3.63, 3.8) is 0 Å². The van der Waals surface area contributed by atoms with E-state index in [0.29, 0.717) is 6.42 Å². The maximum Gasteiger partial charge on any atom is 0.338 e. The summed E-state index contributed by atoms with van der Waals surface area (Å²) in [5.41, 5.74) is 1.79. The summed E-state index contributed by atoms with van der Waals surface area (Å²) in [5, 5.41) is 10.8. The van der Waals surface area contributed by atoms with Gasteiger partial charge in [-0.05, 0) is 32.8 Å². The van der Waals surface area contributed by atoms with Gasteiger partial charge in [0.1, 0.15) is 0 Å². The molecule has 0 saturated heterocycles. The van der Waals surface area contributed by atoms with Crippen molar-refractivity contribution in [1.82, 2.24) is 0 Å².